The van der Waals surface area contributed by atoms with Gasteiger partial charge in [0.25, 0.3) is 0 Å². The second-order valence-electron chi connectivity index (χ2n) is 4.42. The Hall–Kier alpha value is -0.830. The molecule has 0 unspecified atom stereocenters. The summed E-state index contributed by atoms with van der Waals surface area (Å²) in [6.45, 7) is 3.98. The first-order chi connectivity index (χ1) is 9.12. The molecule has 2 rings (SSSR count). The average Bonchev–Trinajstić information content (AvgIpc) is 2.46. The molecular weight excluding hydrogens is 389 g/mol. The van der Waals surface area contributed by atoms with Crippen LogP contribution in [-0.4, -0.2) is 33.2 Å². The molecule has 5 nitrogen and oxygen atoms in total. The number of nitrogens with one attached hydrogen (secondary N) is 2. The smallest absolute Gasteiger partial charge is 0.191 e. The van der Waals surface area contributed by atoms with Crippen molar-refractivity contribution in [3.63, 3.8) is 0 Å². The Balaban J connectivity index is 0.00000200. The van der Waals surface area contributed by atoms with Gasteiger partial charge in [-0.15, -0.1) is 24.0 Å². The summed E-state index contributed by atoms with van der Waals surface area (Å²) in [7, 11) is -3.14. The van der Waals surface area contributed by atoms with Crippen LogP contribution in [0.2, 0.25) is 0 Å². The molecule has 7 heteroatoms. The Morgan fingerprint density at radius 2 is 2.20 bits per heavy atom. The fraction of sp³-hybridized carbons (Fsp3) is 0.462. The van der Waals surface area contributed by atoms with Crippen molar-refractivity contribution >= 4 is 39.8 Å². The lowest BCUT2D eigenvalue weighted by molar-refractivity contribution is 0.597. The molecular formula is C13H20IN3O2S. The number of hydrogen-bond acceptors (Lipinski definition) is 5. The summed E-state index contributed by atoms with van der Waals surface area (Å²) in [5.41, 5.74) is 0.935. The molecule has 0 atom stereocenters. The zero-order chi connectivity index (χ0) is 13.7. The van der Waals surface area contributed by atoms with E-state index < -0.39 is 9.84 Å². The van der Waals surface area contributed by atoms with Gasteiger partial charge in [0.15, 0.2) is 15.8 Å². The third kappa shape index (κ3) is 4.62. The lowest BCUT2D eigenvalue weighted by Gasteiger charge is -2.16. The summed E-state index contributed by atoms with van der Waals surface area (Å²) >= 11 is 0. The Bertz CT molecular complexity index is 573. The number of rotatable bonds is 4. The topological polar surface area (TPSA) is 70.6 Å². The van der Waals surface area contributed by atoms with Gasteiger partial charge in [-0.05, 0) is 24.1 Å². The van der Waals surface area contributed by atoms with Crippen LogP contribution in [0.1, 0.15) is 18.9 Å². The largest absolute Gasteiger partial charge is 0.356 e. The van der Waals surface area contributed by atoms with Crippen molar-refractivity contribution in [3.8, 4) is 0 Å². The standard InChI is InChI=1S/C13H19N3O2S.HI/c1-2-19(17,18)12-6-3-5-11(9-12)10-16-13-14-7-4-8-15-13;/h3,5-6,9H,2,4,7-8,10H2,1H3,(H2,14,15,16);1H. The zero-order valence-corrected chi connectivity index (χ0v) is 14.6. The van der Waals surface area contributed by atoms with E-state index in [1.54, 1.807) is 25.1 Å². The number of halogens is 1. The van der Waals surface area contributed by atoms with Crippen LogP contribution >= 0.6 is 24.0 Å². The molecule has 0 radical (unpaired) electrons. The van der Waals surface area contributed by atoms with Gasteiger partial charge in [-0.1, -0.05) is 19.1 Å². The number of benzene rings is 1. The van der Waals surface area contributed by atoms with E-state index in [1.807, 2.05) is 6.07 Å². The molecule has 0 fully saturated rings. The highest BCUT2D eigenvalue weighted by Crippen LogP contribution is 2.13. The molecule has 0 amide bonds. The summed E-state index contributed by atoms with van der Waals surface area (Å²) in [5, 5.41) is 6.34. The fourth-order valence-electron chi connectivity index (χ4n) is 1.85. The van der Waals surface area contributed by atoms with E-state index in [4.69, 9.17) is 0 Å². The molecule has 0 bridgehead atoms. The van der Waals surface area contributed by atoms with Gasteiger partial charge in [0, 0.05) is 19.6 Å². The molecule has 1 aromatic rings. The second kappa shape index (κ2) is 7.82. The Kier molecular flexibility index (Phi) is 6.74. The third-order valence-corrected chi connectivity index (χ3v) is 4.73. The predicted molar refractivity (Wildman–Crippen MR) is 91.3 cm³/mol. The highest BCUT2D eigenvalue weighted by molar-refractivity contribution is 14.0. The molecule has 0 spiro atoms. The van der Waals surface area contributed by atoms with Gasteiger partial charge in [0.1, 0.15) is 0 Å². The van der Waals surface area contributed by atoms with E-state index in [9.17, 15) is 8.42 Å². The SMILES string of the molecule is CCS(=O)(=O)c1cccc(CNC2=NCCCN2)c1.I. The second-order valence-corrected chi connectivity index (χ2v) is 6.69. The summed E-state index contributed by atoms with van der Waals surface area (Å²) in [5.74, 6) is 0.910. The van der Waals surface area contributed by atoms with E-state index in [-0.39, 0.29) is 29.7 Å². The first-order valence-corrected chi connectivity index (χ1v) is 8.11. The van der Waals surface area contributed by atoms with Crippen LogP contribution in [0.3, 0.4) is 0 Å². The third-order valence-electron chi connectivity index (χ3n) is 2.99. The monoisotopic (exact) mass is 409 g/mol. The summed E-state index contributed by atoms with van der Waals surface area (Å²) in [6, 6.07) is 7.04. The number of aliphatic imine (C=N–C) groups is 1. The zero-order valence-electron chi connectivity index (χ0n) is 11.4. The maximum atomic E-state index is 11.8. The Labute approximate surface area is 137 Å². The van der Waals surface area contributed by atoms with Gasteiger partial charge in [0.2, 0.25) is 0 Å². The molecule has 2 N–H and O–H groups in total. The number of sulfone groups is 1. The lowest BCUT2D eigenvalue weighted by atomic mass is 10.2. The van der Waals surface area contributed by atoms with Crippen molar-refractivity contribution in [1.82, 2.24) is 10.6 Å². The summed E-state index contributed by atoms with van der Waals surface area (Å²) in [4.78, 5) is 4.69. The van der Waals surface area contributed by atoms with Crippen LogP contribution in [0, 0.1) is 0 Å². The molecule has 20 heavy (non-hydrogen) atoms. The van der Waals surface area contributed by atoms with Crippen LogP contribution in [-0.2, 0) is 16.4 Å². The minimum absolute atomic E-state index is 0. The van der Waals surface area contributed by atoms with E-state index in [2.05, 4.69) is 15.6 Å². The van der Waals surface area contributed by atoms with E-state index >= 15 is 0 Å². The first-order valence-electron chi connectivity index (χ1n) is 6.46. The summed E-state index contributed by atoms with van der Waals surface area (Å²) in [6.07, 6.45) is 1.05. The van der Waals surface area contributed by atoms with E-state index in [0.29, 0.717) is 11.4 Å². The molecule has 1 aliphatic heterocycles. The van der Waals surface area contributed by atoms with Gasteiger partial charge in [-0.2, -0.15) is 0 Å². The van der Waals surface area contributed by atoms with Gasteiger partial charge in [-0.25, -0.2) is 8.42 Å². The van der Waals surface area contributed by atoms with Crippen molar-refractivity contribution in [1.29, 1.82) is 0 Å². The van der Waals surface area contributed by atoms with Gasteiger partial charge < -0.3 is 10.6 Å². The quantitative estimate of drug-likeness (QED) is 0.741. The normalized spacial score (nSPS) is 14.8. The summed E-state index contributed by atoms with van der Waals surface area (Å²) < 4.78 is 23.6. The maximum Gasteiger partial charge on any atom is 0.191 e. The van der Waals surface area contributed by atoms with Crippen molar-refractivity contribution < 1.29 is 8.42 Å². The van der Waals surface area contributed by atoms with Crippen LogP contribution in [0.5, 0.6) is 0 Å². The molecule has 1 aliphatic rings. The van der Waals surface area contributed by atoms with Crippen molar-refractivity contribution in [2.75, 3.05) is 18.8 Å². The number of nitrogens with zero attached hydrogens (tertiary/aromatic N) is 1. The van der Waals surface area contributed by atoms with E-state index in [1.165, 1.54) is 0 Å². The first kappa shape index (κ1) is 17.2. The Morgan fingerprint density at radius 1 is 1.40 bits per heavy atom. The van der Waals surface area contributed by atoms with Crippen molar-refractivity contribution in [3.05, 3.63) is 29.8 Å². The molecule has 0 aliphatic carbocycles. The van der Waals surface area contributed by atoms with Crippen LogP contribution in [0.25, 0.3) is 0 Å². The molecule has 1 heterocycles. The highest BCUT2D eigenvalue weighted by Gasteiger charge is 2.11. The van der Waals surface area contributed by atoms with Crippen LogP contribution in [0.15, 0.2) is 34.2 Å². The minimum atomic E-state index is -3.14. The molecule has 0 saturated heterocycles. The predicted octanol–water partition coefficient (Wildman–Crippen LogP) is 1.54. The molecule has 1 aromatic carbocycles. The van der Waals surface area contributed by atoms with Gasteiger partial charge in [-0.3, -0.25) is 4.99 Å². The van der Waals surface area contributed by atoms with Gasteiger partial charge >= 0.3 is 0 Å². The minimum Gasteiger partial charge on any atom is -0.356 e. The fourth-order valence-corrected chi connectivity index (χ4v) is 2.80. The van der Waals surface area contributed by atoms with Crippen molar-refractivity contribution in [2.24, 2.45) is 4.99 Å². The molecule has 0 saturated carbocycles. The average molecular weight is 409 g/mol. The lowest BCUT2D eigenvalue weighted by Crippen LogP contribution is -2.40. The van der Waals surface area contributed by atoms with Gasteiger partial charge in [0.05, 0.1) is 10.6 Å². The Morgan fingerprint density at radius 3 is 2.85 bits per heavy atom. The van der Waals surface area contributed by atoms with Crippen molar-refractivity contribution in [2.45, 2.75) is 24.8 Å². The number of guanidine groups is 1. The molecule has 0 aromatic heterocycles. The highest BCUT2D eigenvalue weighted by atomic mass is 127. The van der Waals surface area contributed by atoms with Crippen LogP contribution in [0.4, 0.5) is 0 Å². The maximum absolute atomic E-state index is 11.8. The number of hydrogen-bond donors (Lipinski definition) is 2. The molecule has 112 valence electrons. The van der Waals surface area contributed by atoms with Crippen LogP contribution < -0.4 is 10.6 Å². The van der Waals surface area contributed by atoms with E-state index in [0.717, 1.165) is 31.0 Å².